The van der Waals surface area contributed by atoms with E-state index in [9.17, 15) is 9.90 Å². The van der Waals surface area contributed by atoms with E-state index in [2.05, 4.69) is 13.8 Å². The number of aromatic hydroxyl groups is 1. The molecule has 2 aromatic carbocycles. The van der Waals surface area contributed by atoms with Gasteiger partial charge in [-0.2, -0.15) is 0 Å². The van der Waals surface area contributed by atoms with E-state index in [1.54, 1.807) is 10.6 Å². The molecule has 1 heterocycles. The molecule has 1 aromatic heterocycles. The van der Waals surface area contributed by atoms with Gasteiger partial charge in [-0.3, -0.25) is 4.79 Å². The quantitative estimate of drug-likeness (QED) is 0.475. The fourth-order valence-electron chi connectivity index (χ4n) is 3.21. The van der Waals surface area contributed by atoms with Gasteiger partial charge in [0.15, 0.2) is 5.75 Å². The van der Waals surface area contributed by atoms with Crippen molar-refractivity contribution in [1.29, 1.82) is 0 Å². The highest BCUT2D eigenvalue weighted by atomic mass is 16.5. The Morgan fingerprint density at radius 1 is 0.966 bits per heavy atom. The summed E-state index contributed by atoms with van der Waals surface area (Å²) in [6.45, 7) is 5.56. The van der Waals surface area contributed by atoms with E-state index in [4.69, 9.17) is 9.47 Å². The number of nitrogens with zero attached hydrogens (tertiary/aromatic N) is 1. The second-order valence-electron chi connectivity index (χ2n) is 7.14. The summed E-state index contributed by atoms with van der Waals surface area (Å²) >= 11 is 0. The van der Waals surface area contributed by atoms with Crippen LogP contribution in [0, 0.1) is 0 Å². The van der Waals surface area contributed by atoms with Crippen LogP contribution in [0.5, 0.6) is 17.2 Å². The molecule has 0 atom stereocenters. The van der Waals surface area contributed by atoms with E-state index in [1.165, 1.54) is 0 Å². The zero-order valence-electron chi connectivity index (χ0n) is 17.2. The minimum Gasteiger partial charge on any atom is -0.504 e. The lowest BCUT2D eigenvalue weighted by Crippen LogP contribution is -2.23. The first-order valence-corrected chi connectivity index (χ1v) is 10.3. The van der Waals surface area contributed by atoms with Gasteiger partial charge in [0.25, 0.3) is 5.56 Å². The molecule has 0 saturated carbocycles. The Morgan fingerprint density at radius 2 is 1.72 bits per heavy atom. The van der Waals surface area contributed by atoms with Crippen LogP contribution < -0.4 is 15.0 Å². The Balaban J connectivity index is 1.98. The lowest BCUT2D eigenvalue weighted by atomic mass is 10.1. The number of aryl methyl sites for hydroxylation is 1. The first kappa shape index (κ1) is 20.8. The standard InChI is InChI=1S/C24H29NO4/c1-3-5-14-25-21-16-19(29-17-18-10-8-7-9-11-18)12-13-20(21)22(26)23(24(25)27)28-15-6-4-2/h7-13,16,26H,3-6,14-15,17H2,1-2H3. The molecule has 154 valence electrons. The van der Waals surface area contributed by atoms with Gasteiger partial charge in [-0.25, -0.2) is 0 Å². The van der Waals surface area contributed by atoms with Crippen molar-refractivity contribution in [2.24, 2.45) is 0 Å². The van der Waals surface area contributed by atoms with Gasteiger partial charge in [-0.05, 0) is 30.5 Å². The number of rotatable bonds is 10. The first-order chi connectivity index (χ1) is 14.2. The van der Waals surface area contributed by atoms with E-state index in [1.807, 2.05) is 42.5 Å². The maximum atomic E-state index is 13.0. The minimum absolute atomic E-state index is 0.0417. The molecule has 1 N–H and O–H groups in total. The number of benzene rings is 2. The van der Waals surface area contributed by atoms with Gasteiger partial charge in [0.05, 0.1) is 12.1 Å². The maximum Gasteiger partial charge on any atom is 0.297 e. The second kappa shape index (κ2) is 10.0. The molecule has 3 rings (SSSR count). The van der Waals surface area contributed by atoms with Crippen molar-refractivity contribution in [2.75, 3.05) is 6.61 Å². The largest absolute Gasteiger partial charge is 0.504 e. The summed E-state index contributed by atoms with van der Waals surface area (Å²) in [5.41, 5.74) is 1.44. The number of fused-ring (bicyclic) bond motifs is 1. The summed E-state index contributed by atoms with van der Waals surface area (Å²) in [5, 5.41) is 11.3. The Labute approximate surface area is 171 Å². The monoisotopic (exact) mass is 395 g/mol. The minimum atomic E-state index is -0.292. The number of hydrogen-bond donors (Lipinski definition) is 1. The molecule has 0 fully saturated rings. The highest BCUT2D eigenvalue weighted by Gasteiger charge is 2.18. The first-order valence-electron chi connectivity index (χ1n) is 10.3. The zero-order valence-corrected chi connectivity index (χ0v) is 17.2. The topological polar surface area (TPSA) is 60.7 Å². The van der Waals surface area contributed by atoms with Gasteiger partial charge in [0, 0.05) is 18.0 Å². The van der Waals surface area contributed by atoms with Crippen molar-refractivity contribution in [2.45, 2.75) is 52.7 Å². The van der Waals surface area contributed by atoms with Crippen molar-refractivity contribution in [3.8, 4) is 17.2 Å². The predicted octanol–water partition coefficient (Wildman–Crippen LogP) is 5.27. The third-order valence-corrected chi connectivity index (χ3v) is 4.90. The number of aromatic nitrogens is 1. The molecule has 5 heteroatoms. The van der Waals surface area contributed by atoms with Crippen LogP contribution in [0.1, 0.15) is 45.1 Å². The molecule has 0 saturated heterocycles. The summed E-state index contributed by atoms with van der Waals surface area (Å²) in [6.07, 6.45) is 3.62. The van der Waals surface area contributed by atoms with Gasteiger partial charge in [0.1, 0.15) is 12.4 Å². The van der Waals surface area contributed by atoms with Crippen molar-refractivity contribution in [3.63, 3.8) is 0 Å². The second-order valence-corrected chi connectivity index (χ2v) is 7.14. The SMILES string of the molecule is CCCCOc1c(O)c2ccc(OCc3ccccc3)cc2n(CCCC)c1=O. The molecule has 29 heavy (non-hydrogen) atoms. The van der Waals surface area contributed by atoms with E-state index in [0.29, 0.717) is 36.4 Å². The van der Waals surface area contributed by atoms with Gasteiger partial charge in [-0.1, -0.05) is 57.0 Å². The van der Waals surface area contributed by atoms with Crippen molar-refractivity contribution in [1.82, 2.24) is 4.57 Å². The van der Waals surface area contributed by atoms with Crippen molar-refractivity contribution >= 4 is 10.9 Å². The van der Waals surface area contributed by atoms with Crippen LogP contribution in [0.4, 0.5) is 0 Å². The van der Waals surface area contributed by atoms with Crippen LogP contribution in [0.15, 0.2) is 53.3 Å². The molecular formula is C24H29NO4. The molecule has 0 aliphatic rings. The lowest BCUT2D eigenvalue weighted by Gasteiger charge is -2.16. The molecular weight excluding hydrogens is 366 g/mol. The van der Waals surface area contributed by atoms with E-state index >= 15 is 0 Å². The van der Waals surface area contributed by atoms with Gasteiger partial charge in [-0.15, -0.1) is 0 Å². The number of pyridine rings is 1. The molecule has 0 unspecified atom stereocenters. The van der Waals surface area contributed by atoms with Gasteiger partial charge >= 0.3 is 0 Å². The van der Waals surface area contributed by atoms with Crippen LogP contribution in [-0.4, -0.2) is 16.3 Å². The number of unbranched alkanes of at least 4 members (excludes halogenated alkanes) is 2. The number of hydrogen-bond acceptors (Lipinski definition) is 4. The third kappa shape index (κ3) is 4.91. The molecule has 0 aliphatic heterocycles. The van der Waals surface area contributed by atoms with Crippen LogP contribution in [0.2, 0.25) is 0 Å². The van der Waals surface area contributed by atoms with Gasteiger partial charge in [0.2, 0.25) is 5.75 Å². The smallest absolute Gasteiger partial charge is 0.297 e. The Hall–Kier alpha value is -2.95. The molecule has 3 aromatic rings. The summed E-state index contributed by atoms with van der Waals surface area (Å²) in [5.74, 6) is 0.605. The molecule has 0 aliphatic carbocycles. The van der Waals surface area contributed by atoms with Crippen molar-refractivity contribution in [3.05, 3.63) is 64.4 Å². The Morgan fingerprint density at radius 3 is 2.45 bits per heavy atom. The molecule has 0 spiro atoms. The average molecular weight is 395 g/mol. The van der Waals surface area contributed by atoms with Crippen molar-refractivity contribution < 1.29 is 14.6 Å². The summed E-state index contributed by atoms with van der Waals surface area (Å²) in [6, 6.07) is 15.3. The fourth-order valence-corrected chi connectivity index (χ4v) is 3.21. The molecule has 0 amide bonds. The molecule has 5 nitrogen and oxygen atoms in total. The van der Waals surface area contributed by atoms with Crippen LogP contribution in [0.3, 0.4) is 0 Å². The highest BCUT2D eigenvalue weighted by Crippen LogP contribution is 2.34. The summed E-state index contributed by atoms with van der Waals surface area (Å²) < 4.78 is 13.3. The summed E-state index contributed by atoms with van der Waals surface area (Å²) in [7, 11) is 0. The van der Waals surface area contributed by atoms with E-state index in [0.717, 1.165) is 31.2 Å². The fraction of sp³-hybridized carbons (Fsp3) is 0.375. The van der Waals surface area contributed by atoms with Crippen LogP contribution in [0.25, 0.3) is 10.9 Å². The summed E-state index contributed by atoms with van der Waals surface area (Å²) in [4.78, 5) is 13.0. The lowest BCUT2D eigenvalue weighted by molar-refractivity contribution is 0.287. The zero-order chi connectivity index (χ0) is 20.6. The van der Waals surface area contributed by atoms with Crippen LogP contribution >= 0.6 is 0 Å². The highest BCUT2D eigenvalue weighted by molar-refractivity contribution is 5.88. The molecule has 0 radical (unpaired) electrons. The molecule has 0 bridgehead atoms. The maximum absolute atomic E-state index is 13.0. The van der Waals surface area contributed by atoms with E-state index < -0.39 is 0 Å². The number of ether oxygens (including phenoxy) is 2. The normalized spacial score (nSPS) is 11.0. The van der Waals surface area contributed by atoms with E-state index in [-0.39, 0.29) is 17.1 Å². The Kier molecular flexibility index (Phi) is 7.17. The van der Waals surface area contributed by atoms with Gasteiger partial charge < -0.3 is 19.1 Å². The predicted molar refractivity (Wildman–Crippen MR) is 116 cm³/mol. The third-order valence-electron chi connectivity index (χ3n) is 4.90. The average Bonchev–Trinajstić information content (AvgIpc) is 2.75. The Bertz CT molecular complexity index is 995. The van der Waals surface area contributed by atoms with Crippen LogP contribution in [-0.2, 0) is 13.2 Å².